The second-order valence-electron chi connectivity index (χ2n) is 6.05. The Morgan fingerprint density at radius 1 is 1.12 bits per heavy atom. The van der Waals surface area contributed by atoms with Crippen molar-refractivity contribution in [3.05, 3.63) is 45.4 Å². The maximum absolute atomic E-state index is 12.3. The first-order valence-electron chi connectivity index (χ1n) is 8.14. The highest BCUT2D eigenvalue weighted by atomic mass is 32.1. The van der Waals surface area contributed by atoms with Gasteiger partial charge in [0.2, 0.25) is 5.91 Å². The summed E-state index contributed by atoms with van der Waals surface area (Å²) in [6.45, 7) is 9.22. The highest BCUT2D eigenvalue weighted by Crippen LogP contribution is 2.24. The van der Waals surface area contributed by atoms with Crippen molar-refractivity contribution in [1.82, 2.24) is 15.6 Å². The molecule has 0 aliphatic heterocycles. The zero-order chi connectivity index (χ0) is 18.6. The Labute approximate surface area is 152 Å². The number of carbonyl (C=O) groups excluding carboxylic acids is 2. The number of rotatable bonds is 5. The zero-order valence-corrected chi connectivity index (χ0v) is 16.0. The van der Waals surface area contributed by atoms with Gasteiger partial charge in [-0.3, -0.25) is 4.79 Å². The largest absolute Gasteiger partial charge is 0.332 e. The fourth-order valence-corrected chi connectivity index (χ4v) is 3.55. The number of carbonyl (C=O) groups is 2. The molecule has 0 radical (unpaired) electrons. The van der Waals surface area contributed by atoms with E-state index < -0.39 is 0 Å². The summed E-state index contributed by atoms with van der Waals surface area (Å²) < 4.78 is 0. The van der Waals surface area contributed by atoms with E-state index in [0.29, 0.717) is 5.69 Å². The number of urea groups is 1. The van der Waals surface area contributed by atoms with E-state index in [0.717, 1.165) is 21.1 Å². The SMILES string of the molecule is CC(=O)Nc1cccc([C@@H](C)NC(=O)N[C@@H](C)c2sc(C)nc2C)c1. The van der Waals surface area contributed by atoms with E-state index in [9.17, 15) is 9.59 Å². The molecule has 0 saturated heterocycles. The quantitative estimate of drug-likeness (QED) is 0.757. The number of benzene rings is 1. The van der Waals surface area contributed by atoms with Gasteiger partial charge < -0.3 is 16.0 Å². The van der Waals surface area contributed by atoms with Crippen LogP contribution in [0.1, 0.15) is 54.0 Å². The molecule has 2 aromatic rings. The molecule has 0 fully saturated rings. The maximum Gasteiger partial charge on any atom is 0.315 e. The predicted molar refractivity (Wildman–Crippen MR) is 101 cm³/mol. The molecule has 1 heterocycles. The molecule has 6 nitrogen and oxygen atoms in total. The van der Waals surface area contributed by atoms with E-state index in [1.807, 2.05) is 52.0 Å². The van der Waals surface area contributed by atoms with Crippen LogP contribution in [0.5, 0.6) is 0 Å². The first-order chi connectivity index (χ1) is 11.8. The Balaban J connectivity index is 1.98. The molecule has 0 bridgehead atoms. The highest BCUT2D eigenvalue weighted by molar-refractivity contribution is 7.11. The van der Waals surface area contributed by atoms with E-state index in [1.54, 1.807) is 11.3 Å². The topological polar surface area (TPSA) is 83.1 Å². The Morgan fingerprint density at radius 2 is 1.80 bits per heavy atom. The number of anilines is 1. The fourth-order valence-electron chi connectivity index (χ4n) is 2.62. The highest BCUT2D eigenvalue weighted by Gasteiger charge is 2.17. The smallest absolute Gasteiger partial charge is 0.315 e. The number of aromatic nitrogens is 1. The molecule has 0 saturated carbocycles. The van der Waals surface area contributed by atoms with Crippen molar-refractivity contribution in [2.75, 3.05) is 5.32 Å². The molecule has 0 aliphatic rings. The molecule has 0 aliphatic carbocycles. The molecular weight excluding hydrogens is 336 g/mol. The lowest BCUT2D eigenvalue weighted by Gasteiger charge is -2.18. The summed E-state index contributed by atoms with van der Waals surface area (Å²) in [6.07, 6.45) is 0. The van der Waals surface area contributed by atoms with Crippen molar-refractivity contribution < 1.29 is 9.59 Å². The third-order valence-corrected chi connectivity index (χ3v) is 4.99. The van der Waals surface area contributed by atoms with Crippen molar-refractivity contribution in [2.24, 2.45) is 0 Å². The summed E-state index contributed by atoms with van der Waals surface area (Å²) in [6, 6.07) is 6.89. The molecule has 1 aromatic carbocycles. The summed E-state index contributed by atoms with van der Waals surface area (Å²) in [4.78, 5) is 28.9. The first kappa shape index (κ1) is 18.9. The number of nitrogens with zero attached hydrogens (tertiary/aromatic N) is 1. The van der Waals surface area contributed by atoms with Crippen molar-refractivity contribution in [3.8, 4) is 0 Å². The molecule has 0 spiro atoms. The van der Waals surface area contributed by atoms with Crippen molar-refractivity contribution in [3.63, 3.8) is 0 Å². The monoisotopic (exact) mass is 360 g/mol. The Bertz CT molecular complexity index is 772. The lowest BCUT2D eigenvalue weighted by atomic mass is 10.1. The second-order valence-corrected chi connectivity index (χ2v) is 7.29. The minimum atomic E-state index is -0.240. The van der Waals surface area contributed by atoms with E-state index in [-0.39, 0.29) is 24.0 Å². The fraction of sp³-hybridized carbons (Fsp3) is 0.389. The van der Waals surface area contributed by atoms with Crippen LogP contribution in [0.15, 0.2) is 24.3 Å². The van der Waals surface area contributed by atoms with Gasteiger partial charge in [-0.2, -0.15) is 0 Å². The van der Waals surface area contributed by atoms with Crippen molar-refractivity contribution in [2.45, 2.75) is 46.7 Å². The summed E-state index contributed by atoms with van der Waals surface area (Å²) in [5, 5.41) is 9.61. The zero-order valence-electron chi connectivity index (χ0n) is 15.1. The van der Waals surface area contributed by atoms with Gasteiger partial charge in [0.15, 0.2) is 0 Å². The molecule has 3 N–H and O–H groups in total. The maximum atomic E-state index is 12.3. The normalized spacial score (nSPS) is 13.0. The average molecular weight is 360 g/mol. The Kier molecular flexibility index (Phi) is 6.14. The van der Waals surface area contributed by atoms with Gasteiger partial charge in [0.1, 0.15) is 0 Å². The van der Waals surface area contributed by atoms with Gasteiger partial charge in [0.25, 0.3) is 0 Å². The van der Waals surface area contributed by atoms with Crippen LogP contribution in [-0.2, 0) is 4.79 Å². The van der Waals surface area contributed by atoms with Crippen LogP contribution >= 0.6 is 11.3 Å². The lowest BCUT2D eigenvalue weighted by molar-refractivity contribution is -0.114. The van der Waals surface area contributed by atoms with Gasteiger partial charge in [-0.15, -0.1) is 11.3 Å². The number of thiazole rings is 1. The van der Waals surface area contributed by atoms with Gasteiger partial charge in [0, 0.05) is 17.5 Å². The van der Waals surface area contributed by atoms with Gasteiger partial charge in [-0.1, -0.05) is 12.1 Å². The standard InChI is InChI=1S/C18H24N4O2S/c1-10(15-7-6-8-16(9-15)22-13(4)23)20-18(24)21-12(3)17-11(2)19-14(5)25-17/h6-10,12H,1-5H3,(H,22,23)(H2,20,21,24)/t10-,12+/m1/s1. The van der Waals surface area contributed by atoms with Crippen LogP contribution in [-0.4, -0.2) is 16.9 Å². The van der Waals surface area contributed by atoms with Gasteiger partial charge in [-0.25, -0.2) is 9.78 Å². The van der Waals surface area contributed by atoms with Gasteiger partial charge in [0.05, 0.1) is 22.8 Å². The molecular formula is C18H24N4O2S. The number of hydrogen-bond acceptors (Lipinski definition) is 4. The van der Waals surface area contributed by atoms with Crippen LogP contribution in [0.4, 0.5) is 10.5 Å². The molecule has 25 heavy (non-hydrogen) atoms. The first-order valence-corrected chi connectivity index (χ1v) is 8.96. The molecule has 134 valence electrons. The molecule has 2 rings (SSSR count). The minimum Gasteiger partial charge on any atom is -0.332 e. The number of nitrogens with one attached hydrogen (secondary N) is 3. The van der Waals surface area contributed by atoms with E-state index >= 15 is 0 Å². The van der Waals surface area contributed by atoms with E-state index in [2.05, 4.69) is 20.9 Å². The number of amides is 3. The summed E-state index contributed by atoms with van der Waals surface area (Å²) in [7, 11) is 0. The second kappa shape index (κ2) is 8.11. The van der Waals surface area contributed by atoms with Gasteiger partial charge >= 0.3 is 6.03 Å². The summed E-state index contributed by atoms with van der Waals surface area (Å²) in [5.74, 6) is -0.125. The minimum absolute atomic E-state index is 0.107. The molecule has 2 atom stereocenters. The molecule has 1 aromatic heterocycles. The Morgan fingerprint density at radius 3 is 2.40 bits per heavy atom. The van der Waals surface area contributed by atoms with Crippen LogP contribution in [0, 0.1) is 13.8 Å². The molecule has 7 heteroatoms. The average Bonchev–Trinajstić information content (AvgIpc) is 2.85. The van der Waals surface area contributed by atoms with Crippen molar-refractivity contribution >= 4 is 29.0 Å². The van der Waals surface area contributed by atoms with Crippen LogP contribution in [0.2, 0.25) is 0 Å². The van der Waals surface area contributed by atoms with Crippen LogP contribution in [0.25, 0.3) is 0 Å². The summed E-state index contributed by atoms with van der Waals surface area (Å²) in [5.41, 5.74) is 2.58. The van der Waals surface area contributed by atoms with Crippen LogP contribution in [0.3, 0.4) is 0 Å². The Hall–Kier alpha value is -2.41. The third-order valence-electron chi connectivity index (χ3n) is 3.73. The van der Waals surface area contributed by atoms with Gasteiger partial charge in [-0.05, 0) is 45.4 Å². The predicted octanol–water partition coefficient (Wildman–Crippen LogP) is 3.84. The van der Waals surface area contributed by atoms with Crippen molar-refractivity contribution in [1.29, 1.82) is 0 Å². The summed E-state index contributed by atoms with van der Waals surface area (Å²) >= 11 is 1.59. The third kappa shape index (κ3) is 5.29. The lowest BCUT2D eigenvalue weighted by Crippen LogP contribution is -2.38. The number of aryl methyl sites for hydroxylation is 2. The molecule has 0 unspecified atom stereocenters. The molecule has 3 amide bonds. The number of hydrogen-bond donors (Lipinski definition) is 3. The van der Waals surface area contributed by atoms with Crippen LogP contribution < -0.4 is 16.0 Å². The van der Waals surface area contributed by atoms with E-state index in [1.165, 1.54) is 6.92 Å². The van der Waals surface area contributed by atoms with E-state index in [4.69, 9.17) is 0 Å².